The standard InChI is InChI=1S/C51H51N6O19P/c58-37-34(74-46(40(37)61)55-22-31(43(64)52-49(55)67)19-16-28-10-4-1-5-11-28)25-71-77(70,72-26-35-38(59)41(62)47(75-35)56-23-32(44(65)53-50(56)68)20-17-29-12-6-2-7-13-29)73-27-36-39(60)42(63)48(76-36)57-24-33(45(66)54-51(57)69)21-18-30-14-8-3-9-15-30/h1-24,34-42,46-48,58-63H,25-27H2,(H,52,64,67)(H,53,65,68)(H,54,66,69)/b19-16+,20-17+,21-18+/t34-,35-,36-,37-,38-,39-,40-,41-,42-,46-,47-,48-/m1/s1. The number of rotatable bonds is 18. The summed E-state index contributed by atoms with van der Waals surface area (Å²) in [5.41, 5.74) is -3.35. The number of aromatic amines is 3. The summed E-state index contributed by atoms with van der Waals surface area (Å²) in [4.78, 5) is 83.8. The molecule has 0 aliphatic carbocycles. The summed E-state index contributed by atoms with van der Waals surface area (Å²) in [6.07, 6.45) is -8.74. The van der Waals surface area contributed by atoms with Crippen molar-refractivity contribution in [3.8, 4) is 0 Å². The van der Waals surface area contributed by atoms with Gasteiger partial charge in [-0.15, -0.1) is 0 Å². The summed E-state index contributed by atoms with van der Waals surface area (Å²) in [7, 11) is -5.17. The minimum absolute atomic E-state index is 0.0337. The monoisotopic (exact) mass is 1080 g/mol. The lowest BCUT2D eigenvalue weighted by Crippen LogP contribution is -2.38. The van der Waals surface area contributed by atoms with Crippen LogP contribution in [0.3, 0.4) is 0 Å². The van der Waals surface area contributed by atoms with Crippen LogP contribution in [0.25, 0.3) is 36.5 Å². The summed E-state index contributed by atoms with van der Waals surface area (Å²) in [5, 5.41) is 66.9. The van der Waals surface area contributed by atoms with E-state index in [0.29, 0.717) is 0 Å². The van der Waals surface area contributed by atoms with E-state index < -0.39 is 135 Å². The van der Waals surface area contributed by atoms with Crippen molar-refractivity contribution in [1.82, 2.24) is 28.7 Å². The molecule has 12 atom stereocenters. The van der Waals surface area contributed by atoms with Crippen LogP contribution in [0, 0.1) is 0 Å². The first-order chi connectivity index (χ1) is 37.0. The van der Waals surface area contributed by atoms with Crippen LogP contribution in [0.5, 0.6) is 0 Å². The van der Waals surface area contributed by atoms with E-state index in [0.717, 1.165) is 49.0 Å². The molecule has 0 amide bonds. The van der Waals surface area contributed by atoms with E-state index in [-0.39, 0.29) is 16.7 Å². The molecule has 0 radical (unpaired) electrons. The van der Waals surface area contributed by atoms with E-state index in [1.165, 1.54) is 18.2 Å². The lowest BCUT2D eigenvalue weighted by molar-refractivity contribution is -0.0749. The molecule has 3 aromatic heterocycles. The predicted molar refractivity (Wildman–Crippen MR) is 273 cm³/mol. The highest BCUT2D eigenvalue weighted by Gasteiger charge is 2.50. The lowest BCUT2D eigenvalue weighted by Gasteiger charge is -2.24. The first-order valence-corrected chi connectivity index (χ1v) is 25.3. The molecule has 9 N–H and O–H groups in total. The Hall–Kier alpha value is -7.33. The van der Waals surface area contributed by atoms with Crippen molar-refractivity contribution >= 4 is 44.3 Å². The van der Waals surface area contributed by atoms with Gasteiger partial charge in [0.2, 0.25) is 0 Å². The molecule has 3 aliphatic rings. The van der Waals surface area contributed by atoms with Crippen molar-refractivity contribution in [2.75, 3.05) is 19.8 Å². The van der Waals surface area contributed by atoms with Crippen LogP contribution in [-0.4, -0.2) is 134 Å². The molecule has 6 aromatic rings. The molecule has 9 rings (SSSR count). The number of aliphatic hydroxyl groups is 6. The van der Waals surface area contributed by atoms with Crippen LogP contribution in [-0.2, 0) is 32.3 Å². The van der Waals surface area contributed by atoms with Gasteiger partial charge >= 0.3 is 24.9 Å². The Balaban J connectivity index is 0.941. The van der Waals surface area contributed by atoms with Gasteiger partial charge in [0.25, 0.3) is 16.7 Å². The molecular weight excluding hydrogens is 1030 g/mol. The van der Waals surface area contributed by atoms with Crippen molar-refractivity contribution in [3.63, 3.8) is 0 Å². The summed E-state index contributed by atoms with van der Waals surface area (Å²) in [6.45, 7) is -2.83. The predicted octanol–water partition coefficient (Wildman–Crippen LogP) is 0.164. The van der Waals surface area contributed by atoms with Crippen molar-refractivity contribution in [3.05, 3.63) is 205 Å². The number of aromatic nitrogens is 6. The van der Waals surface area contributed by atoms with Gasteiger partial charge < -0.3 is 44.8 Å². The third-order valence-corrected chi connectivity index (χ3v) is 14.2. The van der Waals surface area contributed by atoms with Gasteiger partial charge in [-0.2, -0.15) is 0 Å². The van der Waals surface area contributed by atoms with Crippen LogP contribution in [0.4, 0.5) is 0 Å². The van der Waals surface area contributed by atoms with E-state index in [2.05, 4.69) is 15.0 Å². The molecule has 25 nitrogen and oxygen atoms in total. The topological polar surface area (TPSA) is 358 Å². The van der Waals surface area contributed by atoms with Gasteiger partial charge in [0, 0.05) is 18.6 Å². The second-order valence-corrected chi connectivity index (χ2v) is 19.6. The molecule has 0 unspecified atom stereocenters. The molecule has 3 aliphatic heterocycles. The SMILES string of the molecule is O=c1[nH]c(=O)n([C@@H]2O[C@H](COP(=O)(OC[C@H]3O[C@@H](n4cc(/C=C/c5ccccc5)c(=O)[nH]c4=O)[C@H](O)[C@@H]3O)OC[C@H]3O[C@@H](n4cc(/C=C/c5ccccc5)c(=O)[nH]c4=O)[C@H](O)[C@@H]3O)[C@@H](O)[C@H]2O)cc1/C=C/c1ccccc1. The zero-order valence-electron chi connectivity index (χ0n) is 40.2. The van der Waals surface area contributed by atoms with Crippen LogP contribution in [0.2, 0.25) is 0 Å². The zero-order valence-corrected chi connectivity index (χ0v) is 41.1. The Bertz CT molecular complexity index is 3190. The Morgan fingerprint density at radius 3 is 0.935 bits per heavy atom. The molecule has 26 heteroatoms. The number of hydrogen-bond donors (Lipinski definition) is 9. The van der Waals surface area contributed by atoms with Crippen LogP contribution in [0.15, 0.2) is 138 Å². The number of nitrogens with one attached hydrogen (secondary N) is 3. The Morgan fingerprint density at radius 2 is 0.675 bits per heavy atom. The number of phosphoric ester groups is 1. The van der Waals surface area contributed by atoms with Crippen molar-refractivity contribution < 1.29 is 63.0 Å². The van der Waals surface area contributed by atoms with Gasteiger partial charge in [0.05, 0.1) is 36.5 Å². The van der Waals surface area contributed by atoms with Crippen LogP contribution in [0.1, 0.15) is 52.1 Å². The first-order valence-electron chi connectivity index (χ1n) is 23.8. The molecule has 3 aromatic carbocycles. The number of nitrogens with zero attached hydrogens (tertiary/aromatic N) is 3. The molecule has 0 bridgehead atoms. The van der Waals surface area contributed by atoms with Gasteiger partial charge in [-0.25, -0.2) is 18.9 Å². The minimum atomic E-state index is -5.17. The number of benzene rings is 3. The summed E-state index contributed by atoms with van der Waals surface area (Å²) >= 11 is 0. The van der Waals surface area contributed by atoms with Gasteiger partial charge in [-0.1, -0.05) is 109 Å². The molecule has 404 valence electrons. The quantitative estimate of drug-likeness (QED) is 0.0518. The summed E-state index contributed by atoms with van der Waals surface area (Å²) in [5.74, 6) is 0. The lowest BCUT2D eigenvalue weighted by atomic mass is 10.1. The van der Waals surface area contributed by atoms with E-state index in [1.807, 2.05) is 0 Å². The Labute approximate surface area is 433 Å². The van der Waals surface area contributed by atoms with E-state index in [9.17, 15) is 64.0 Å². The van der Waals surface area contributed by atoms with Gasteiger partial charge in [0.15, 0.2) is 18.7 Å². The number of phosphoric acid groups is 1. The van der Waals surface area contributed by atoms with E-state index in [1.54, 1.807) is 109 Å². The maximum Gasteiger partial charge on any atom is 0.475 e. The minimum Gasteiger partial charge on any atom is -0.387 e. The van der Waals surface area contributed by atoms with Gasteiger partial charge in [0.1, 0.15) is 54.9 Å². The number of ether oxygens (including phenoxy) is 3. The van der Waals surface area contributed by atoms with Crippen molar-refractivity contribution in [2.45, 2.75) is 73.6 Å². The maximum atomic E-state index is 14.7. The average molecular weight is 1080 g/mol. The third-order valence-electron chi connectivity index (χ3n) is 12.8. The Morgan fingerprint density at radius 1 is 0.416 bits per heavy atom. The highest BCUT2D eigenvalue weighted by Crippen LogP contribution is 2.51. The largest absolute Gasteiger partial charge is 0.475 e. The summed E-state index contributed by atoms with van der Waals surface area (Å²) < 4.78 is 51.5. The number of hydrogen-bond acceptors (Lipinski definition) is 19. The van der Waals surface area contributed by atoms with Crippen molar-refractivity contribution in [2.24, 2.45) is 0 Å². The fourth-order valence-electron chi connectivity index (χ4n) is 8.57. The summed E-state index contributed by atoms with van der Waals surface area (Å²) in [6, 6.07) is 26.6. The van der Waals surface area contributed by atoms with E-state index in [4.69, 9.17) is 27.8 Å². The highest BCUT2D eigenvalue weighted by molar-refractivity contribution is 7.48. The second kappa shape index (κ2) is 23.5. The van der Waals surface area contributed by atoms with Crippen molar-refractivity contribution in [1.29, 1.82) is 0 Å². The molecule has 3 saturated heterocycles. The normalized spacial score (nSPS) is 26.7. The smallest absolute Gasteiger partial charge is 0.387 e. The first kappa shape index (κ1) is 54.5. The molecule has 77 heavy (non-hydrogen) atoms. The number of H-pyrrole nitrogens is 3. The Kier molecular flexibility index (Phi) is 16.6. The molecular formula is C51H51N6O19P. The average Bonchev–Trinajstić information content (AvgIpc) is 3.99. The van der Waals surface area contributed by atoms with E-state index >= 15 is 0 Å². The molecule has 6 heterocycles. The number of aliphatic hydroxyl groups excluding tert-OH is 6. The van der Waals surface area contributed by atoms with Crippen LogP contribution >= 0.6 is 7.82 Å². The van der Waals surface area contributed by atoms with Crippen LogP contribution < -0.4 is 33.7 Å². The molecule has 0 saturated carbocycles. The zero-order chi connectivity index (χ0) is 54.5. The molecule has 3 fully saturated rings. The van der Waals surface area contributed by atoms with Gasteiger partial charge in [-0.3, -0.25) is 56.6 Å². The van der Waals surface area contributed by atoms with Gasteiger partial charge in [-0.05, 0) is 34.9 Å². The fraction of sp³-hybridized carbons (Fsp3) is 0.294. The molecule has 0 spiro atoms. The fourth-order valence-corrected chi connectivity index (χ4v) is 9.78. The highest BCUT2D eigenvalue weighted by atomic mass is 31.2. The maximum absolute atomic E-state index is 14.7. The second-order valence-electron chi connectivity index (χ2n) is 18.0. The third kappa shape index (κ3) is 12.3.